The number of nitrogens with one attached hydrogen (secondary N) is 1. The van der Waals surface area contributed by atoms with Crippen molar-refractivity contribution >= 4 is 13.7 Å². The number of likely N-dealkylation sites (N-methyl/N-ethyl adjacent to an activating group) is 1. The number of hydrogen-bond acceptors (Lipinski definition) is 6. The highest BCUT2D eigenvalue weighted by atomic mass is 31.2. The van der Waals surface area contributed by atoms with Gasteiger partial charge in [-0.25, -0.2) is 0 Å². The summed E-state index contributed by atoms with van der Waals surface area (Å²) >= 11 is 0. The normalized spacial score (nSPS) is 14.2. The molecule has 3 unspecified atom stereocenters. The van der Waals surface area contributed by atoms with Crippen molar-refractivity contribution in [3.63, 3.8) is 0 Å². The van der Waals surface area contributed by atoms with Gasteiger partial charge < -0.3 is 28.8 Å². The summed E-state index contributed by atoms with van der Waals surface area (Å²) in [5, 5.41) is 13.8. The Morgan fingerprint density at radius 2 is 0.900 bits per heavy atom. The van der Waals surface area contributed by atoms with Crippen LogP contribution < -0.4 is 10.2 Å². The summed E-state index contributed by atoms with van der Waals surface area (Å²) < 4.78 is 23.3. The first-order chi connectivity index (χ1) is 29.0. The van der Waals surface area contributed by atoms with E-state index in [0.29, 0.717) is 17.4 Å². The molecule has 9 heteroatoms. The minimum absolute atomic E-state index is 0.00244. The number of quaternary nitrogens is 1. The maximum absolute atomic E-state index is 12.9. The van der Waals surface area contributed by atoms with Crippen molar-refractivity contribution in [1.82, 2.24) is 5.32 Å². The van der Waals surface area contributed by atoms with E-state index < -0.39 is 20.0 Å². The van der Waals surface area contributed by atoms with E-state index in [-0.39, 0.29) is 19.1 Å². The van der Waals surface area contributed by atoms with Crippen molar-refractivity contribution in [2.24, 2.45) is 0 Å². The zero-order valence-electron chi connectivity index (χ0n) is 40.7. The molecule has 0 saturated carbocycles. The molecule has 0 radical (unpaired) electrons. The van der Waals surface area contributed by atoms with Gasteiger partial charge in [0.15, 0.2) is 0 Å². The Balaban J connectivity index is 4.24. The molecule has 60 heavy (non-hydrogen) atoms. The number of hydrogen-bond donors (Lipinski definition) is 2. The van der Waals surface area contributed by atoms with Crippen LogP contribution in [0.15, 0.2) is 12.2 Å². The molecule has 358 valence electrons. The van der Waals surface area contributed by atoms with E-state index in [0.717, 1.165) is 38.5 Å². The molecule has 2 N–H and O–H groups in total. The largest absolute Gasteiger partial charge is 0.756 e. The van der Waals surface area contributed by atoms with E-state index in [1.807, 2.05) is 27.2 Å². The van der Waals surface area contributed by atoms with Crippen LogP contribution in [-0.2, 0) is 18.4 Å². The number of carbonyl (C=O) groups excluding carboxylic acids is 1. The number of phosphoric acid groups is 1. The summed E-state index contributed by atoms with van der Waals surface area (Å²) in [4.78, 5) is 25.4. The number of rotatable bonds is 48. The SMILES string of the molecule is CCCCCCCCCCCCCCCCCCCCCCC/C=C/C(O)C(COP(=O)([O-])OCC[N+](C)(C)C)NC(=O)CCCCCCCCCCCCCCCCC. The molecule has 0 aliphatic carbocycles. The monoisotopic (exact) mass is 871 g/mol. The molecule has 0 aliphatic rings. The van der Waals surface area contributed by atoms with Crippen LogP contribution in [0, 0.1) is 0 Å². The Hall–Kier alpha value is -0.760. The van der Waals surface area contributed by atoms with Gasteiger partial charge in [0.1, 0.15) is 13.2 Å². The number of amides is 1. The number of allylic oxidation sites excluding steroid dienone is 1. The van der Waals surface area contributed by atoms with Crippen LogP contribution in [0.25, 0.3) is 0 Å². The highest BCUT2D eigenvalue weighted by Crippen LogP contribution is 2.38. The first-order valence-electron chi connectivity index (χ1n) is 26.1. The van der Waals surface area contributed by atoms with E-state index in [2.05, 4.69) is 19.2 Å². The number of carbonyl (C=O) groups is 1. The van der Waals surface area contributed by atoms with Gasteiger partial charge in [-0.15, -0.1) is 0 Å². The van der Waals surface area contributed by atoms with Crippen molar-refractivity contribution in [1.29, 1.82) is 0 Å². The predicted molar refractivity (Wildman–Crippen MR) is 256 cm³/mol. The molecule has 0 fully saturated rings. The fourth-order valence-electron chi connectivity index (χ4n) is 7.86. The molecule has 1 amide bonds. The Morgan fingerprint density at radius 1 is 0.567 bits per heavy atom. The summed E-state index contributed by atoms with van der Waals surface area (Å²) in [6, 6.07) is -0.880. The Morgan fingerprint density at radius 3 is 1.25 bits per heavy atom. The summed E-state index contributed by atoms with van der Waals surface area (Å²) in [7, 11) is 1.27. The van der Waals surface area contributed by atoms with E-state index in [1.165, 1.54) is 199 Å². The van der Waals surface area contributed by atoms with Gasteiger partial charge in [-0.1, -0.05) is 244 Å². The minimum atomic E-state index is -4.59. The third kappa shape index (κ3) is 45.3. The molecule has 3 atom stereocenters. The van der Waals surface area contributed by atoms with E-state index in [1.54, 1.807) is 6.08 Å². The lowest BCUT2D eigenvalue weighted by molar-refractivity contribution is -0.870. The fraction of sp³-hybridized carbons (Fsp3) is 0.941. The average molecular weight is 871 g/mol. The van der Waals surface area contributed by atoms with Crippen molar-refractivity contribution in [3.05, 3.63) is 12.2 Å². The Bertz CT molecular complexity index is 989. The van der Waals surface area contributed by atoms with Crippen molar-refractivity contribution in [2.45, 2.75) is 270 Å². The van der Waals surface area contributed by atoms with Gasteiger partial charge in [0.05, 0.1) is 39.9 Å². The molecule has 0 aromatic heterocycles. The third-order valence-corrected chi connectivity index (χ3v) is 13.0. The van der Waals surface area contributed by atoms with Gasteiger partial charge in [-0.05, 0) is 19.3 Å². The molecule has 0 aromatic carbocycles. The molecule has 0 bridgehead atoms. The zero-order chi connectivity index (χ0) is 44.3. The number of phosphoric ester groups is 1. The van der Waals surface area contributed by atoms with Crippen LogP contribution in [0.4, 0.5) is 0 Å². The minimum Gasteiger partial charge on any atom is -0.756 e. The molecule has 0 aliphatic heterocycles. The standard InChI is InChI=1S/C51H103N2O6P/c1-6-8-10-12-14-16-18-20-22-23-24-25-26-27-28-29-31-32-34-36-38-40-42-44-50(54)49(48-59-60(56,57)58-47-46-53(3,4)5)52-51(55)45-43-41-39-37-35-33-30-21-19-17-15-13-11-9-7-2/h42,44,49-50,54H,6-41,43,45-48H2,1-5H3,(H-,52,55,56,57)/b44-42+. The lowest BCUT2D eigenvalue weighted by atomic mass is 10.0. The van der Waals surface area contributed by atoms with Gasteiger partial charge in [0.2, 0.25) is 5.91 Å². The summed E-state index contributed by atoms with van der Waals surface area (Å²) in [6.07, 6.45) is 51.2. The van der Waals surface area contributed by atoms with Gasteiger partial charge in [0.25, 0.3) is 7.82 Å². The molecule has 0 heterocycles. The van der Waals surface area contributed by atoms with Crippen molar-refractivity contribution in [2.75, 3.05) is 40.9 Å². The summed E-state index contributed by atoms with van der Waals surface area (Å²) in [5.41, 5.74) is 0. The summed E-state index contributed by atoms with van der Waals surface area (Å²) in [6.45, 7) is 4.68. The van der Waals surface area contributed by atoms with E-state index in [9.17, 15) is 19.4 Å². The quantitative estimate of drug-likeness (QED) is 0.0273. The zero-order valence-corrected chi connectivity index (χ0v) is 41.6. The second kappa shape index (κ2) is 43.5. The number of aliphatic hydroxyl groups is 1. The van der Waals surface area contributed by atoms with Gasteiger partial charge >= 0.3 is 0 Å². The molecule has 0 saturated heterocycles. The highest BCUT2D eigenvalue weighted by Gasteiger charge is 2.23. The Kier molecular flexibility index (Phi) is 42.9. The molecule has 8 nitrogen and oxygen atoms in total. The Labute approximate surface area is 373 Å². The molecule has 0 spiro atoms. The van der Waals surface area contributed by atoms with Gasteiger partial charge in [0, 0.05) is 6.42 Å². The van der Waals surface area contributed by atoms with Gasteiger partial charge in [-0.2, -0.15) is 0 Å². The smallest absolute Gasteiger partial charge is 0.268 e. The first kappa shape index (κ1) is 59.2. The van der Waals surface area contributed by atoms with Crippen LogP contribution in [0.2, 0.25) is 0 Å². The topological polar surface area (TPSA) is 108 Å². The summed E-state index contributed by atoms with van der Waals surface area (Å²) in [5.74, 6) is -0.193. The maximum atomic E-state index is 12.9. The third-order valence-electron chi connectivity index (χ3n) is 12.0. The van der Waals surface area contributed by atoms with Gasteiger partial charge in [-0.3, -0.25) is 9.36 Å². The van der Waals surface area contributed by atoms with Crippen LogP contribution in [-0.4, -0.2) is 68.5 Å². The molecular weight excluding hydrogens is 768 g/mol. The predicted octanol–water partition coefficient (Wildman–Crippen LogP) is 14.5. The van der Waals surface area contributed by atoms with Crippen molar-refractivity contribution < 1.29 is 32.9 Å². The van der Waals surface area contributed by atoms with E-state index in [4.69, 9.17) is 9.05 Å². The highest BCUT2D eigenvalue weighted by molar-refractivity contribution is 7.45. The maximum Gasteiger partial charge on any atom is 0.268 e. The molecule has 0 rings (SSSR count). The van der Waals surface area contributed by atoms with Crippen LogP contribution >= 0.6 is 7.82 Å². The van der Waals surface area contributed by atoms with Crippen LogP contribution in [0.3, 0.4) is 0 Å². The number of aliphatic hydroxyl groups excluding tert-OH is 1. The average Bonchev–Trinajstić information content (AvgIpc) is 3.20. The molecular formula is C51H103N2O6P. The lowest BCUT2D eigenvalue weighted by Crippen LogP contribution is -2.45. The second-order valence-electron chi connectivity index (χ2n) is 19.2. The van der Waals surface area contributed by atoms with Crippen LogP contribution in [0.1, 0.15) is 258 Å². The van der Waals surface area contributed by atoms with E-state index >= 15 is 0 Å². The first-order valence-corrected chi connectivity index (χ1v) is 27.5. The second-order valence-corrected chi connectivity index (χ2v) is 20.7. The molecule has 0 aromatic rings. The number of unbranched alkanes of at least 4 members (excludes halogenated alkanes) is 35. The number of nitrogens with zero attached hydrogens (tertiary/aromatic N) is 1. The fourth-order valence-corrected chi connectivity index (χ4v) is 8.58. The van der Waals surface area contributed by atoms with Crippen LogP contribution in [0.5, 0.6) is 0 Å². The van der Waals surface area contributed by atoms with Crippen molar-refractivity contribution in [3.8, 4) is 0 Å². The lowest BCUT2D eigenvalue weighted by Gasteiger charge is -2.29.